The highest BCUT2D eigenvalue weighted by molar-refractivity contribution is 5.93. The van der Waals surface area contributed by atoms with Gasteiger partial charge in [-0.25, -0.2) is 0 Å². The van der Waals surface area contributed by atoms with E-state index in [4.69, 9.17) is 14.2 Å². The Morgan fingerprint density at radius 3 is 1.47 bits per heavy atom. The molecule has 0 saturated carbocycles. The van der Waals surface area contributed by atoms with Crippen molar-refractivity contribution in [3.8, 4) is 0 Å². The highest BCUT2D eigenvalue weighted by atomic mass is 16.5. The van der Waals surface area contributed by atoms with E-state index in [0.29, 0.717) is 25.9 Å². The molecule has 10 atom stereocenters. The molecule has 4 unspecified atom stereocenters. The first kappa shape index (κ1) is 50.1. The Balaban J connectivity index is 0.000000235. The number of carbonyl (C=O) groups is 5. The summed E-state index contributed by atoms with van der Waals surface area (Å²) >= 11 is 0. The average Bonchev–Trinajstić information content (AvgIpc) is 3.93. The molecule has 6 heterocycles. The predicted molar refractivity (Wildman–Crippen MR) is 241 cm³/mol. The third-order valence-corrected chi connectivity index (χ3v) is 14.6. The summed E-state index contributed by atoms with van der Waals surface area (Å²) in [6.45, 7) is 13.3. The van der Waals surface area contributed by atoms with Crippen LogP contribution in [0.5, 0.6) is 0 Å². The van der Waals surface area contributed by atoms with E-state index < -0.39 is 18.0 Å². The van der Waals surface area contributed by atoms with Crippen LogP contribution in [0.25, 0.3) is 0 Å². The third kappa shape index (κ3) is 13.6. The number of carbonyl (C=O) groups excluding carboxylic acids is 5. The van der Waals surface area contributed by atoms with Crippen LogP contribution in [0.2, 0.25) is 0 Å². The van der Waals surface area contributed by atoms with E-state index >= 15 is 0 Å². The Morgan fingerprint density at radius 2 is 1.05 bits per heavy atom. The molecule has 6 rings (SSSR count). The second kappa shape index (κ2) is 23.3. The molecule has 62 heavy (non-hydrogen) atoms. The van der Waals surface area contributed by atoms with Crippen molar-refractivity contribution in [2.75, 3.05) is 26.8 Å². The number of esters is 1. The number of hydrogen-bond acceptors (Lipinski definition) is 9. The monoisotopic (exact) mass is 867 g/mol. The van der Waals surface area contributed by atoms with E-state index in [2.05, 4.69) is 38.2 Å². The molecule has 11 heteroatoms. The van der Waals surface area contributed by atoms with Crippen molar-refractivity contribution >= 4 is 29.4 Å². The molecule has 350 valence electrons. The van der Waals surface area contributed by atoms with Crippen LogP contribution in [0.4, 0.5) is 0 Å². The first-order valence-corrected chi connectivity index (χ1v) is 24.6. The van der Waals surface area contributed by atoms with Gasteiger partial charge < -0.3 is 29.1 Å². The zero-order valence-corrected chi connectivity index (χ0v) is 39.5. The molecule has 4 fully saturated rings. The zero-order chi connectivity index (χ0) is 45.0. The van der Waals surface area contributed by atoms with E-state index in [-0.39, 0.29) is 95.4 Å². The topological polar surface area (TPSA) is 140 Å². The highest BCUT2D eigenvalue weighted by Gasteiger charge is 2.56. The number of aliphatic hydroxyl groups is 1. The van der Waals surface area contributed by atoms with E-state index in [9.17, 15) is 29.1 Å². The summed E-state index contributed by atoms with van der Waals surface area (Å²) in [5.41, 5.74) is -0.536. The number of nitrogens with zero attached hydrogens (tertiary/aromatic N) is 2. The highest BCUT2D eigenvalue weighted by Crippen LogP contribution is 2.46. The molecule has 0 bridgehead atoms. The molecular formula is C51H82N2O9. The van der Waals surface area contributed by atoms with Crippen LogP contribution >= 0.6 is 0 Å². The standard InChI is InChI=1S/C26H41NO5.C25H41NO4/c1-18-13-11-9-7-5-6-8-10-12-14-19(25(30)31-4)15-21(28)23-20-16-26(2,3)32-22(20)17-27(23)24(18)29;1-18-12-10-8-6-4-5-7-9-11-13-19(17-27)14-21(28)23-20-15-25(2,3)30-22(20)16-26(23)24(18)29/h5-6,18-20,22-23H,7-17H2,1-4H3;4-5,18-20,22-23,27H,6-17H2,1-3H3/t2*18-,19+,20-,22?,23?/m00/s1. The van der Waals surface area contributed by atoms with Crippen molar-refractivity contribution < 1.29 is 43.3 Å². The molecule has 4 saturated heterocycles. The molecule has 0 aromatic carbocycles. The lowest BCUT2D eigenvalue weighted by molar-refractivity contribution is -0.149. The van der Waals surface area contributed by atoms with Crippen LogP contribution in [-0.2, 0) is 38.2 Å². The summed E-state index contributed by atoms with van der Waals surface area (Å²) in [4.78, 5) is 69.8. The first-order chi connectivity index (χ1) is 29.6. The lowest BCUT2D eigenvalue weighted by atomic mass is 9.84. The van der Waals surface area contributed by atoms with Gasteiger partial charge in [-0.2, -0.15) is 0 Å². The summed E-state index contributed by atoms with van der Waals surface area (Å²) in [5, 5.41) is 9.87. The SMILES string of the molecule is COC(=O)[C@@H]1CCCCC=CCCCC[C@H](C)C(=O)N2CC3OC(C)(C)C[C@@H]3C2C(=O)C1.C[C@H]1CCCCC=CCCCC[C@@H](CO)CC(=O)C2[C@H]3CC(C)(C)OC3CN2C1=O. The number of ketones is 2. The van der Waals surface area contributed by atoms with Gasteiger partial charge in [0.2, 0.25) is 11.8 Å². The quantitative estimate of drug-likeness (QED) is 0.213. The second-order valence-electron chi connectivity index (χ2n) is 20.9. The molecule has 1 N–H and O–H groups in total. The minimum absolute atomic E-state index is 0.00164. The van der Waals surface area contributed by atoms with Crippen LogP contribution in [0.3, 0.4) is 0 Å². The minimum atomic E-state index is -0.499. The number of ether oxygens (including phenoxy) is 3. The largest absolute Gasteiger partial charge is 0.469 e. The summed E-state index contributed by atoms with van der Waals surface area (Å²) in [5.74, 6) is -0.640. The molecule has 0 spiro atoms. The van der Waals surface area contributed by atoms with Gasteiger partial charge in [0.25, 0.3) is 0 Å². The van der Waals surface area contributed by atoms with Gasteiger partial charge >= 0.3 is 5.97 Å². The maximum absolute atomic E-state index is 13.6. The average molecular weight is 867 g/mol. The maximum atomic E-state index is 13.6. The van der Waals surface area contributed by atoms with Gasteiger partial charge in [0, 0.05) is 56.2 Å². The maximum Gasteiger partial charge on any atom is 0.309 e. The summed E-state index contributed by atoms with van der Waals surface area (Å²) in [7, 11) is 1.38. The van der Waals surface area contributed by atoms with Crippen LogP contribution in [0, 0.1) is 35.5 Å². The number of Topliss-reactive ketones (excluding diaryl/α,β-unsaturated/α-hetero) is 2. The van der Waals surface area contributed by atoms with Crippen molar-refractivity contribution in [3.63, 3.8) is 0 Å². The molecule has 0 aromatic heterocycles. The Morgan fingerprint density at radius 1 is 0.645 bits per heavy atom. The first-order valence-electron chi connectivity index (χ1n) is 24.6. The molecule has 6 aliphatic rings. The Bertz CT molecular complexity index is 1570. The van der Waals surface area contributed by atoms with E-state index in [1.165, 1.54) is 7.11 Å². The normalized spacial score (nSPS) is 35.5. The Labute approximate surface area is 373 Å². The Kier molecular flexibility index (Phi) is 18.9. The van der Waals surface area contributed by atoms with Crippen LogP contribution in [0.15, 0.2) is 24.3 Å². The van der Waals surface area contributed by atoms with E-state index in [1.54, 1.807) is 4.90 Å². The summed E-state index contributed by atoms with van der Waals surface area (Å²) < 4.78 is 17.5. The lowest BCUT2D eigenvalue weighted by Gasteiger charge is -2.31. The van der Waals surface area contributed by atoms with Crippen molar-refractivity contribution in [2.24, 2.45) is 35.5 Å². The summed E-state index contributed by atoms with van der Waals surface area (Å²) in [6, 6.07) is -0.889. The van der Waals surface area contributed by atoms with Gasteiger partial charge in [-0.1, -0.05) is 63.8 Å². The van der Waals surface area contributed by atoms with Crippen molar-refractivity contribution in [2.45, 2.75) is 205 Å². The molecule has 6 aliphatic heterocycles. The smallest absolute Gasteiger partial charge is 0.309 e. The Hall–Kier alpha value is -2.89. The van der Waals surface area contributed by atoms with E-state index in [1.807, 2.05) is 32.6 Å². The lowest BCUT2D eigenvalue weighted by Crippen LogP contribution is -2.47. The number of amides is 2. The second-order valence-corrected chi connectivity index (χ2v) is 20.9. The fourth-order valence-electron chi connectivity index (χ4n) is 11.4. The van der Waals surface area contributed by atoms with Crippen LogP contribution in [0.1, 0.15) is 170 Å². The molecule has 0 radical (unpaired) electrons. The fourth-order valence-corrected chi connectivity index (χ4v) is 11.4. The fraction of sp³-hybridized carbons (Fsp3) is 0.824. The molecule has 0 aliphatic carbocycles. The number of allylic oxidation sites excluding steroid dienone is 4. The number of fused-ring (bicyclic) bond motifs is 6. The van der Waals surface area contributed by atoms with Crippen molar-refractivity contribution in [3.05, 3.63) is 24.3 Å². The van der Waals surface area contributed by atoms with Gasteiger partial charge in [-0.15, -0.1) is 0 Å². The third-order valence-electron chi connectivity index (χ3n) is 14.6. The van der Waals surface area contributed by atoms with Gasteiger partial charge in [-0.05, 0) is 124 Å². The van der Waals surface area contributed by atoms with Crippen molar-refractivity contribution in [1.82, 2.24) is 9.80 Å². The number of aliphatic hydroxyl groups excluding tert-OH is 1. The minimum Gasteiger partial charge on any atom is -0.469 e. The van der Waals surface area contributed by atoms with E-state index in [0.717, 1.165) is 109 Å². The van der Waals surface area contributed by atoms with Crippen LogP contribution < -0.4 is 0 Å². The van der Waals surface area contributed by atoms with Crippen LogP contribution in [-0.4, -0.2) is 107 Å². The molecule has 0 aromatic rings. The van der Waals surface area contributed by atoms with Crippen molar-refractivity contribution in [1.29, 1.82) is 0 Å². The van der Waals surface area contributed by atoms with Gasteiger partial charge in [-0.3, -0.25) is 24.0 Å². The van der Waals surface area contributed by atoms with Gasteiger partial charge in [0.1, 0.15) is 0 Å². The predicted octanol–water partition coefficient (Wildman–Crippen LogP) is 8.73. The molecule has 2 amide bonds. The number of hydrogen-bond donors (Lipinski definition) is 1. The molecule has 11 nitrogen and oxygen atoms in total. The number of rotatable bonds is 2. The van der Waals surface area contributed by atoms with Gasteiger partial charge in [0.05, 0.1) is 48.5 Å². The zero-order valence-electron chi connectivity index (χ0n) is 39.5. The molecular weight excluding hydrogens is 785 g/mol. The summed E-state index contributed by atoms with van der Waals surface area (Å²) in [6.07, 6.45) is 26.4. The number of methoxy groups -OCH3 is 1. The van der Waals surface area contributed by atoms with Gasteiger partial charge in [0.15, 0.2) is 11.6 Å².